The van der Waals surface area contributed by atoms with E-state index in [-0.39, 0.29) is 22.7 Å². The van der Waals surface area contributed by atoms with Gasteiger partial charge in [-0.15, -0.1) is 0 Å². The number of hydrogen-bond acceptors (Lipinski definition) is 2. The molecule has 0 aromatic heterocycles. The molecule has 1 amide bonds. The van der Waals surface area contributed by atoms with Crippen molar-refractivity contribution in [3.05, 3.63) is 0 Å². The van der Waals surface area contributed by atoms with Gasteiger partial charge in [0.15, 0.2) is 0 Å². The van der Waals surface area contributed by atoms with Gasteiger partial charge in [-0.25, -0.2) is 0 Å². The molecular weight excluding hydrogens is 238 g/mol. The molecule has 0 saturated heterocycles. The van der Waals surface area contributed by atoms with Crippen LogP contribution < -0.4 is 0 Å². The minimum atomic E-state index is -0.203. The Kier molecular flexibility index (Phi) is 3.53. The lowest BCUT2D eigenvalue weighted by Crippen LogP contribution is -2.36. The topological polar surface area (TPSA) is 37.4 Å². The van der Waals surface area contributed by atoms with E-state index in [9.17, 15) is 9.59 Å². The molecule has 0 aromatic rings. The first-order valence-electron chi connectivity index (χ1n) is 7.61. The van der Waals surface area contributed by atoms with Gasteiger partial charge in [-0.05, 0) is 38.0 Å². The molecule has 0 heterocycles. The molecule has 2 bridgehead atoms. The maximum atomic E-state index is 12.7. The molecule has 2 saturated carbocycles. The second-order valence-corrected chi connectivity index (χ2v) is 6.94. The lowest BCUT2D eigenvalue weighted by Gasteiger charge is -2.32. The van der Waals surface area contributed by atoms with Crippen LogP contribution in [0.1, 0.15) is 53.9 Å². The first-order chi connectivity index (χ1) is 8.79. The number of nitrogens with zero attached hydrogens (tertiary/aromatic N) is 1. The SMILES string of the molecule is CCN(CC)C(=O)C[C@H]1C(=O)[C@]2(C)CC[C@H]1C2(C)C. The van der Waals surface area contributed by atoms with Crippen molar-refractivity contribution in [2.45, 2.75) is 53.9 Å². The number of ketones is 1. The van der Waals surface area contributed by atoms with Gasteiger partial charge in [-0.3, -0.25) is 9.59 Å². The van der Waals surface area contributed by atoms with Crippen LogP contribution in [0.25, 0.3) is 0 Å². The molecule has 0 aromatic carbocycles. The van der Waals surface area contributed by atoms with Crippen LogP contribution in [0.3, 0.4) is 0 Å². The van der Waals surface area contributed by atoms with Gasteiger partial charge >= 0.3 is 0 Å². The van der Waals surface area contributed by atoms with E-state index in [1.807, 2.05) is 18.7 Å². The Balaban J connectivity index is 2.16. The highest BCUT2D eigenvalue weighted by Crippen LogP contribution is 2.66. The third kappa shape index (κ3) is 1.85. The minimum Gasteiger partial charge on any atom is -0.343 e. The second kappa shape index (κ2) is 4.60. The Morgan fingerprint density at radius 2 is 1.84 bits per heavy atom. The number of carbonyl (C=O) groups excluding carboxylic acids is 2. The van der Waals surface area contributed by atoms with Crippen molar-refractivity contribution in [2.24, 2.45) is 22.7 Å². The normalized spacial score (nSPS) is 35.7. The van der Waals surface area contributed by atoms with Gasteiger partial charge in [-0.2, -0.15) is 0 Å². The highest BCUT2D eigenvalue weighted by atomic mass is 16.2. The average Bonchev–Trinajstić information content (AvgIpc) is 2.65. The van der Waals surface area contributed by atoms with Gasteiger partial charge in [0.2, 0.25) is 5.91 Å². The zero-order valence-corrected chi connectivity index (χ0v) is 13.0. The summed E-state index contributed by atoms with van der Waals surface area (Å²) in [7, 11) is 0. The molecule has 0 spiro atoms. The number of amides is 1. The molecule has 0 aliphatic heterocycles. The summed E-state index contributed by atoms with van der Waals surface area (Å²) in [5.41, 5.74) is -0.149. The lowest BCUT2D eigenvalue weighted by atomic mass is 9.70. The van der Waals surface area contributed by atoms with Crippen LogP contribution in [0, 0.1) is 22.7 Å². The van der Waals surface area contributed by atoms with E-state index in [4.69, 9.17) is 0 Å². The fourth-order valence-electron chi connectivity index (χ4n) is 4.40. The van der Waals surface area contributed by atoms with Gasteiger partial charge in [0.1, 0.15) is 5.78 Å². The summed E-state index contributed by atoms with van der Waals surface area (Å²) in [4.78, 5) is 26.8. The van der Waals surface area contributed by atoms with Crippen molar-refractivity contribution < 1.29 is 9.59 Å². The number of hydrogen-bond donors (Lipinski definition) is 0. The van der Waals surface area contributed by atoms with Gasteiger partial charge in [-0.1, -0.05) is 20.8 Å². The van der Waals surface area contributed by atoms with Crippen molar-refractivity contribution in [3.63, 3.8) is 0 Å². The molecule has 0 N–H and O–H groups in total. The average molecular weight is 265 g/mol. The molecule has 2 aliphatic rings. The first kappa shape index (κ1) is 14.5. The van der Waals surface area contributed by atoms with E-state index in [2.05, 4.69) is 20.8 Å². The van der Waals surface area contributed by atoms with Gasteiger partial charge in [0.05, 0.1) is 0 Å². The maximum absolute atomic E-state index is 12.7. The van der Waals surface area contributed by atoms with Gasteiger partial charge in [0.25, 0.3) is 0 Å². The Hall–Kier alpha value is -0.860. The molecular formula is C16H27NO2. The zero-order chi connectivity index (χ0) is 14.4. The molecule has 0 radical (unpaired) electrons. The fraction of sp³-hybridized carbons (Fsp3) is 0.875. The van der Waals surface area contributed by atoms with Gasteiger partial charge in [0, 0.05) is 30.8 Å². The number of fused-ring (bicyclic) bond motifs is 2. The van der Waals surface area contributed by atoms with Crippen LogP contribution in [0.15, 0.2) is 0 Å². The van der Waals surface area contributed by atoms with Crippen LogP contribution in [-0.2, 0) is 9.59 Å². The van der Waals surface area contributed by atoms with Crippen molar-refractivity contribution in [2.75, 3.05) is 13.1 Å². The van der Waals surface area contributed by atoms with E-state index in [1.165, 1.54) is 0 Å². The van der Waals surface area contributed by atoms with Crippen molar-refractivity contribution in [3.8, 4) is 0 Å². The summed E-state index contributed by atoms with van der Waals surface area (Å²) in [6.07, 6.45) is 2.52. The first-order valence-corrected chi connectivity index (χ1v) is 7.61. The lowest BCUT2D eigenvalue weighted by molar-refractivity contribution is -0.138. The standard InChI is InChI=1S/C16H27NO2/c1-6-17(7-2)13(18)10-11-12-8-9-16(5,14(11)19)15(12,3)4/h11-12H,6-10H2,1-5H3/t11-,12-,16+/m1/s1. The van der Waals surface area contributed by atoms with Crippen molar-refractivity contribution >= 4 is 11.7 Å². The van der Waals surface area contributed by atoms with Gasteiger partial charge < -0.3 is 4.90 Å². The third-order valence-electron chi connectivity index (χ3n) is 6.18. The summed E-state index contributed by atoms with van der Waals surface area (Å²) >= 11 is 0. The molecule has 2 aliphatic carbocycles. The molecule has 108 valence electrons. The Morgan fingerprint density at radius 3 is 2.26 bits per heavy atom. The second-order valence-electron chi connectivity index (χ2n) is 6.94. The zero-order valence-electron chi connectivity index (χ0n) is 13.0. The van der Waals surface area contributed by atoms with E-state index < -0.39 is 0 Å². The van der Waals surface area contributed by atoms with Crippen molar-refractivity contribution in [1.82, 2.24) is 4.90 Å². The Morgan fingerprint density at radius 1 is 1.26 bits per heavy atom. The molecule has 2 fully saturated rings. The predicted octanol–water partition coefficient (Wildman–Crippen LogP) is 2.89. The summed E-state index contributed by atoms with van der Waals surface area (Å²) < 4.78 is 0. The van der Waals surface area contributed by atoms with E-state index in [0.29, 0.717) is 18.1 Å². The maximum Gasteiger partial charge on any atom is 0.223 e. The third-order valence-corrected chi connectivity index (χ3v) is 6.18. The highest BCUT2D eigenvalue weighted by molar-refractivity contribution is 5.94. The number of rotatable bonds is 4. The molecule has 3 heteroatoms. The predicted molar refractivity (Wildman–Crippen MR) is 75.7 cm³/mol. The van der Waals surface area contributed by atoms with Crippen molar-refractivity contribution in [1.29, 1.82) is 0 Å². The molecule has 3 nitrogen and oxygen atoms in total. The summed E-state index contributed by atoms with van der Waals surface area (Å²) in [6.45, 7) is 12.0. The summed E-state index contributed by atoms with van der Waals surface area (Å²) in [6, 6.07) is 0. The smallest absolute Gasteiger partial charge is 0.223 e. The minimum absolute atomic E-state index is 0.0400. The summed E-state index contributed by atoms with van der Waals surface area (Å²) in [5.74, 6) is 0.843. The molecule has 2 rings (SSSR count). The molecule has 0 unspecified atom stereocenters. The van der Waals surface area contributed by atoms with E-state index in [1.54, 1.807) is 0 Å². The monoisotopic (exact) mass is 265 g/mol. The van der Waals surface area contributed by atoms with Crippen LogP contribution in [0.5, 0.6) is 0 Å². The van der Waals surface area contributed by atoms with Crippen LogP contribution in [0.4, 0.5) is 0 Å². The highest BCUT2D eigenvalue weighted by Gasteiger charge is 2.66. The molecule has 19 heavy (non-hydrogen) atoms. The Bertz CT molecular complexity index is 398. The summed E-state index contributed by atoms with van der Waals surface area (Å²) in [5, 5.41) is 0. The largest absolute Gasteiger partial charge is 0.343 e. The number of Topliss-reactive ketones (excluding diaryl/α,β-unsaturated/α-hetero) is 1. The quantitative estimate of drug-likeness (QED) is 0.784. The van der Waals surface area contributed by atoms with E-state index >= 15 is 0 Å². The fourth-order valence-corrected chi connectivity index (χ4v) is 4.40. The van der Waals surface area contributed by atoms with Crippen LogP contribution in [-0.4, -0.2) is 29.7 Å². The van der Waals surface area contributed by atoms with E-state index in [0.717, 1.165) is 25.9 Å². The van der Waals surface area contributed by atoms with Crippen LogP contribution >= 0.6 is 0 Å². The Labute approximate surface area is 116 Å². The number of carbonyl (C=O) groups is 2. The van der Waals surface area contributed by atoms with Crippen LogP contribution in [0.2, 0.25) is 0 Å². The molecule has 3 atom stereocenters.